The molecule has 3 amide bonds. The lowest BCUT2D eigenvalue weighted by Gasteiger charge is -2.34. The van der Waals surface area contributed by atoms with Crippen LogP contribution in [0.3, 0.4) is 0 Å². The van der Waals surface area contributed by atoms with E-state index < -0.39 is 0 Å². The Hall–Kier alpha value is -1.63. The van der Waals surface area contributed by atoms with Crippen LogP contribution in [0.5, 0.6) is 0 Å². The van der Waals surface area contributed by atoms with E-state index in [-0.39, 0.29) is 35.9 Å². The minimum Gasteiger partial charge on any atom is -0.368 e. The average molecular weight is 309 g/mol. The molecule has 2 atom stereocenters. The maximum Gasteiger partial charge on any atom is 0.251 e. The van der Waals surface area contributed by atoms with Gasteiger partial charge in [0.25, 0.3) is 5.91 Å². The van der Waals surface area contributed by atoms with Crippen LogP contribution >= 0.6 is 0 Å². The normalized spacial score (nSPS) is 29.5. The molecule has 3 saturated heterocycles. The summed E-state index contributed by atoms with van der Waals surface area (Å²) in [6, 6.07) is -0.308. The zero-order chi connectivity index (χ0) is 15.5. The summed E-state index contributed by atoms with van der Waals surface area (Å²) in [4.78, 5) is 37.3. The van der Waals surface area contributed by atoms with Gasteiger partial charge in [-0.25, -0.2) is 0 Å². The van der Waals surface area contributed by atoms with Crippen LogP contribution in [0.15, 0.2) is 0 Å². The molecule has 0 saturated carbocycles. The molecule has 3 rings (SSSR count). The molecule has 0 bridgehead atoms. The molecule has 7 heteroatoms. The highest BCUT2D eigenvalue weighted by Gasteiger charge is 2.33. The highest BCUT2D eigenvalue weighted by Crippen LogP contribution is 2.18. The number of hydrogen-bond acceptors (Lipinski definition) is 4. The monoisotopic (exact) mass is 309 g/mol. The van der Waals surface area contributed by atoms with Gasteiger partial charge in [-0.3, -0.25) is 14.4 Å². The van der Waals surface area contributed by atoms with Crippen LogP contribution in [0.2, 0.25) is 0 Å². The Morgan fingerprint density at radius 1 is 1.18 bits per heavy atom. The predicted octanol–water partition coefficient (Wildman–Crippen LogP) is -0.449. The Morgan fingerprint density at radius 2 is 1.95 bits per heavy atom. The van der Waals surface area contributed by atoms with Crippen molar-refractivity contribution in [2.24, 2.45) is 0 Å². The topological polar surface area (TPSA) is 87.7 Å². The number of rotatable bonds is 3. The van der Waals surface area contributed by atoms with Crippen LogP contribution in [0.25, 0.3) is 0 Å². The smallest absolute Gasteiger partial charge is 0.251 e. The predicted molar refractivity (Wildman–Crippen MR) is 77.9 cm³/mol. The maximum absolute atomic E-state index is 12.2. The molecule has 122 valence electrons. The fourth-order valence-corrected chi connectivity index (χ4v) is 3.33. The van der Waals surface area contributed by atoms with Gasteiger partial charge in [-0.05, 0) is 32.1 Å². The third-order valence-corrected chi connectivity index (χ3v) is 4.67. The summed E-state index contributed by atoms with van der Waals surface area (Å²) in [7, 11) is 0. The van der Waals surface area contributed by atoms with Gasteiger partial charge in [0.15, 0.2) is 0 Å². The SMILES string of the molecule is O=C1CCC(C(=O)NC2CCN(C(=O)C3CCCO3)CC2)N1. The van der Waals surface area contributed by atoms with E-state index in [2.05, 4.69) is 10.6 Å². The van der Waals surface area contributed by atoms with Crippen molar-refractivity contribution in [1.29, 1.82) is 0 Å². The summed E-state index contributed by atoms with van der Waals surface area (Å²) in [6.45, 7) is 1.98. The molecule has 2 unspecified atom stereocenters. The van der Waals surface area contributed by atoms with E-state index in [1.807, 2.05) is 4.90 Å². The Kier molecular flexibility index (Phi) is 4.61. The Morgan fingerprint density at radius 3 is 2.55 bits per heavy atom. The van der Waals surface area contributed by atoms with Crippen molar-refractivity contribution in [3.05, 3.63) is 0 Å². The quantitative estimate of drug-likeness (QED) is 0.739. The zero-order valence-electron chi connectivity index (χ0n) is 12.7. The van der Waals surface area contributed by atoms with Gasteiger partial charge in [-0.1, -0.05) is 0 Å². The highest BCUT2D eigenvalue weighted by atomic mass is 16.5. The summed E-state index contributed by atoms with van der Waals surface area (Å²) in [5.41, 5.74) is 0. The molecule has 0 aliphatic carbocycles. The molecular weight excluding hydrogens is 286 g/mol. The van der Waals surface area contributed by atoms with Gasteiger partial charge < -0.3 is 20.3 Å². The number of likely N-dealkylation sites (tertiary alicyclic amines) is 1. The number of amides is 3. The second kappa shape index (κ2) is 6.64. The van der Waals surface area contributed by atoms with Crippen molar-refractivity contribution in [3.8, 4) is 0 Å². The van der Waals surface area contributed by atoms with Gasteiger partial charge in [0.2, 0.25) is 11.8 Å². The van der Waals surface area contributed by atoms with Crippen molar-refractivity contribution >= 4 is 17.7 Å². The van der Waals surface area contributed by atoms with Crippen molar-refractivity contribution in [3.63, 3.8) is 0 Å². The molecule has 3 aliphatic heterocycles. The number of ether oxygens (including phenoxy) is 1. The summed E-state index contributed by atoms with van der Waals surface area (Å²) in [6.07, 6.45) is 4.01. The maximum atomic E-state index is 12.2. The molecular formula is C15H23N3O4. The molecule has 7 nitrogen and oxygen atoms in total. The largest absolute Gasteiger partial charge is 0.368 e. The fraction of sp³-hybridized carbons (Fsp3) is 0.800. The number of carbonyl (C=O) groups excluding carboxylic acids is 3. The summed E-state index contributed by atoms with van der Waals surface area (Å²) in [5, 5.41) is 5.66. The minimum absolute atomic E-state index is 0.0582. The lowest BCUT2D eigenvalue weighted by atomic mass is 10.0. The van der Waals surface area contributed by atoms with E-state index >= 15 is 0 Å². The van der Waals surface area contributed by atoms with E-state index in [1.54, 1.807) is 0 Å². The van der Waals surface area contributed by atoms with Crippen molar-refractivity contribution in [2.45, 2.75) is 56.7 Å². The van der Waals surface area contributed by atoms with Crippen molar-refractivity contribution < 1.29 is 19.1 Å². The molecule has 3 fully saturated rings. The molecule has 0 spiro atoms. The molecule has 3 aliphatic rings. The molecule has 22 heavy (non-hydrogen) atoms. The van der Waals surface area contributed by atoms with E-state index in [1.165, 1.54) is 0 Å². The summed E-state index contributed by atoms with van der Waals surface area (Å²) >= 11 is 0. The van der Waals surface area contributed by atoms with Crippen molar-refractivity contribution in [2.75, 3.05) is 19.7 Å². The number of carbonyl (C=O) groups is 3. The van der Waals surface area contributed by atoms with Gasteiger partial charge in [-0.15, -0.1) is 0 Å². The zero-order valence-corrected chi connectivity index (χ0v) is 12.7. The van der Waals surface area contributed by atoms with E-state index in [0.29, 0.717) is 32.5 Å². The third kappa shape index (κ3) is 3.40. The van der Waals surface area contributed by atoms with Crippen LogP contribution in [-0.4, -0.2) is 60.5 Å². The number of hydrogen-bond donors (Lipinski definition) is 2. The molecule has 0 aromatic carbocycles. The first kappa shape index (κ1) is 15.3. The standard InChI is InChI=1S/C15H23N3O4/c19-13-4-3-11(17-13)14(20)16-10-5-7-18(8-6-10)15(21)12-2-1-9-22-12/h10-12H,1-9H2,(H,16,20)(H,17,19). The van der Waals surface area contributed by atoms with Gasteiger partial charge in [0.1, 0.15) is 12.1 Å². The van der Waals surface area contributed by atoms with E-state index in [0.717, 1.165) is 25.7 Å². The van der Waals surface area contributed by atoms with E-state index in [9.17, 15) is 14.4 Å². The Labute approximate surface area is 129 Å². The highest BCUT2D eigenvalue weighted by molar-refractivity contribution is 5.90. The average Bonchev–Trinajstić information content (AvgIpc) is 3.18. The Balaban J connectivity index is 1.42. The lowest BCUT2D eigenvalue weighted by Crippen LogP contribution is -2.52. The second-order valence-electron chi connectivity index (χ2n) is 6.27. The lowest BCUT2D eigenvalue weighted by molar-refractivity contribution is -0.142. The Bertz CT molecular complexity index is 454. The fourth-order valence-electron chi connectivity index (χ4n) is 3.33. The van der Waals surface area contributed by atoms with E-state index in [4.69, 9.17) is 4.74 Å². The van der Waals surface area contributed by atoms with Crippen LogP contribution in [0.1, 0.15) is 38.5 Å². The second-order valence-corrected chi connectivity index (χ2v) is 6.27. The van der Waals surface area contributed by atoms with Crippen LogP contribution in [0, 0.1) is 0 Å². The third-order valence-electron chi connectivity index (χ3n) is 4.67. The van der Waals surface area contributed by atoms with Gasteiger partial charge in [0.05, 0.1) is 0 Å². The van der Waals surface area contributed by atoms with Gasteiger partial charge in [0, 0.05) is 32.2 Å². The minimum atomic E-state index is -0.390. The summed E-state index contributed by atoms with van der Waals surface area (Å²) < 4.78 is 5.44. The summed E-state index contributed by atoms with van der Waals surface area (Å²) in [5.74, 6) is -0.0720. The van der Waals surface area contributed by atoms with Gasteiger partial charge >= 0.3 is 0 Å². The molecule has 0 aromatic rings. The van der Waals surface area contributed by atoms with Crippen LogP contribution < -0.4 is 10.6 Å². The molecule has 0 aromatic heterocycles. The van der Waals surface area contributed by atoms with Crippen molar-refractivity contribution in [1.82, 2.24) is 15.5 Å². The molecule has 0 radical (unpaired) electrons. The number of nitrogens with zero attached hydrogens (tertiary/aromatic N) is 1. The first-order valence-electron chi connectivity index (χ1n) is 8.13. The number of piperidine rings is 1. The van der Waals surface area contributed by atoms with Crippen LogP contribution in [-0.2, 0) is 19.1 Å². The number of nitrogens with one attached hydrogen (secondary N) is 2. The molecule has 2 N–H and O–H groups in total. The van der Waals surface area contributed by atoms with Crippen LogP contribution in [0.4, 0.5) is 0 Å². The van der Waals surface area contributed by atoms with Gasteiger partial charge in [-0.2, -0.15) is 0 Å². The first-order valence-corrected chi connectivity index (χ1v) is 8.13. The first-order chi connectivity index (χ1) is 10.6. The molecule has 3 heterocycles.